The highest BCUT2D eigenvalue weighted by molar-refractivity contribution is 5.82. The lowest BCUT2D eigenvalue weighted by Crippen LogP contribution is -2.21. The number of amides is 1. The smallest absolute Gasteiger partial charge is 0.220 e. The zero-order chi connectivity index (χ0) is 15.5. The number of benzene rings is 1. The van der Waals surface area contributed by atoms with Crippen LogP contribution in [0.5, 0.6) is 0 Å². The number of aryl methyl sites for hydroxylation is 1. The average molecular weight is 294 g/mol. The van der Waals surface area contributed by atoms with E-state index in [1.54, 1.807) is 13.2 Å². The molecule has 0 saturated carbocycles. The van der Waals surface area contributed by atoms with Crippen molar-refractivity contribution >= 4 is 16.8 Å². The molecule has 22 heavy (non-hydrogen) atoms. The molecule has 0 spiro atoms. The van der Waals surface area contributed by atoms with Crippen LogP contribution in [0.3, 0.4) is 0 Å². The minimum Gasteiger partial charge on any atom is -0.359 e. The van der Waals surface area contributed by atoms with Crippen molar-refractivity contribution < 1.29 is 4.79 Å². The number of pyridine rings is 1. The highest BCUT2D eigenvalue weighted by atomic mass is 16.1. The topological polar surface area (TPSA) is 70.7 Å². The number of rotatable bonds is 4. The summed E-state index contributed by atoms with van der Waals surface area (Å²) in [6.45, 7) is 2.00. The quantitative estimate of drug-likeness (QED) is 0.777. The van der Waals surface area contributed by atoms with Crippen molar-refractivity contribution in [1.29, 1.82) is 0 Å². The Bertz CT molecular complexity index is 795. The molecule has 3 aromatic rings. The summed E-state index contributed by atoms with van der Waals surface area (Å²) in [6, 6.07) is 11.9. The molecule has 5 nitrogen and oxygen atoms in total. The number of fused-ring (bicyclic) bond motifs is 1. The maximum atomic E-state index is 11.9. The van der Waals surface area contributed by atoms with Gasteiger partial charge < -0.3 is 5.32 Å². The molecule has 0 saturated heterocycles. The number of hydrogen-bond donors (Lipinski definition) is 2. The van der Waals surface area contributed by atoms with E-state index in [1.807, 2.05) is 43.3 Å². The molecule has 0 aliphatic heterocycles. The predicted octanol–water partition coefficient (Wildman–Crippen LogP) is 2.53. The van der Waals surface area contributed by atoms with Gasteiger partial charge in [-0.15, -0.1) is 0 Å². The van der Waals surface area contributed by atoms with Crippen molar-refractivity contribution in [2.75, 3.05) is 7.05 Å². The van der Waals surface area contributed by atoms with Gasteiger partial charge in [0.25, 0.3) is 0 Å². The van der Waals surface area contributed by atoms with Crippen LogP contribution in [0.4, 0.5) is 0 Å². The molecule has 0 bridgehead atoms. The molecule has 2 aromatic heterocycles. The Hall–Kier alpha value is -2.69. The van der Waals surface area contributed by atoms with Crippen molar-refractivity contribution in [2.24, 2.45) is 0 Å². The summed E-state index contributed by atoms with van der Waals surface area (Å²) in [6.07, 6.45) is 2.12. The summed E-state index contributed by atoms with van der Waals surface area (Å²) < 4.78 is 0. The number of carbonyl (C=O) groups is 1. The van der Waals surface area contributed by atoms with Crippen LogP contribution in [0.25, 0.3) is 10.9 Å². The SMILES string of the molecule is CNC(=O)CC(c1ccc2c(C)[nH]nc2c1)c1ccccn1. The fourth-order valence-electron chi connectivity index (χ4n) is 2.64. The highest BCUT2D eigenvalue weighted by Crippen LogP contribution is 2.29. The zero-order valence-corrected chi connectivity index (χ0v) is 12.6. The average Bonchev–Trinajstić information content (AvgIpc) is 2.94. The van der Waals surface area contributed by atoms with E-state index in [0.717, 1.165) is 27.9 Å². The summed E-state index contributed by atoms with van der Waals surface area (Å²) >= 11 is 0. The molecule has 5 heteroatoms. The predicted molar refractivity (Wildman–Crippen MR) is 85.6 cm³/mol. The van der Waals surface area contributed by atoms with E-state index < -0.39 is 0 Å². The third-order valence-corrected chi connectivity index (χ3v) is 3.89. The van der Waals surface area contributed by atoms with E-state index in [4.69, 9.17) is 0 Å². The van der Waals surface area contributed by atoms with Gasteiger partial charge in [0.1, 0.15) is 0 Å². The van der Waals surface area contributed by atoms with Crippen LogP contribution in [0.15, 0.2) is 42.6 Å². The zero-order valence-electron chi connectivity index (χ0n) is 12.6. The second-order valence-electron chi connectivity index (χ2n) is 5.31. The Labute approximate surface area is 128 Å². The van der Waals surface area contributed by atoms with E-state index in [2.05, 4.69) is 20.5 Å². The van der Waals surface area contributed by atoms with Gasteiger partial charge in [0.05, 0.1) is 5.52 Å². The lowest BCUT2D eigenvalue weighted by Gasteiger charge is -2.16. The van der Waals surface area contributed by atoms with Crippen LogP contribution in [0.2, 0.25) is 0 Å². The Morgan fingerprint density at radius 2 is 2.18 bits per heavy atom. The molecule has 2 N–H and O–H groups in total. The third kappa shape index (κ3) is 2.70. The monoisotopic (exact) mass is 294 g/mol. The van der Waals surface area contributed by atoms with Crippen molar-refractivity contribution in [3.05, 3.63) is 59.5 Å². The molecule has 0 fully saturated rings. The van der Waals surface area contributed by atoms with E-state index in [9.17, 15) is 4.79 Å². The van der Waals surface area contributed by atoms with Crippen LogP contribution >= 0.6 is 0 Å². The molecule has 0 aliphatic rings. The Morgan fingerprint density at radius 3 is 2.91 bits per heavy atom. The van der Waals surface area contributed by atoms with Crippen LogP contribution in [0, 0.1) is 6.92 Å². The van der Waals surface area contributed by atoms with Crippen LogP contribution in [-0.4, -0.2) is 28.1 Å². The number of hydrogen-bond acceptors (Lipinski definition) is 3. The van der Waals surface area contributed by atoms with Crippen LogP contribution in [-0.2, 0) is 4.79 Å². The van der Waals surface area contributed by atoms with E-state index in [0.29, 0.717) is 6.42 Å². The van der Waals surface area contributed by atoms with Crippen molar-refractivity contribution in [3.8, 4) is 0 Å². The molecule has 1 unspecified atom stereocenters. The highest BCUT2D eigenvalue weighted by Gasteiger charge is 2.19. The minimum absolute atomic E-state index is 0.00559. The molecule has 1 aromatic carbocycles. The number of nitrogens with zero attached hydrogens (tertiary/aromatic N) is 2. The number of nitrogens with one attached hydrogen (secondary N) is 2. The molecule has 2 heterocycles. The van der Waals surface area contributed by atoms with Crippen molar-refractivity contribution in [3.63, 3.8) is 0 Å². The second kappa shape index (κ2) is 5.97. The summed E-state index contributed by atoms with van der Waals surface area (Å²) in [5.74, 6) is -0.0866. The fourth-order valence-corrected chi connectivity index (χ4v) is 2.64. The first-order valence-corrected chi connectivity index (χ1v) is 7.25. The van der Waals surface area contributed by atoms with Gasteiger partial charge in [-0.3, -0.25) is 14.9 Å². The molecule has 1 atom stereocenters. The molecule has 0 aliphatic carbocycles. The maximum absolute atomic E-state index is 11.9. The second-order valence-corrected chi connectivity index (χ2v) is 5.31. The normalized spacial score (nSPS) is 12.3. The summed E-state index contributed by atoms with van der Waals surface area (Å²) in [5.41, 5.74) is 3.88. The van der Waals surface area contributed by atoms with Crippen molar-refractivity contribution in [1.82, 2.24) is 20.5 Å². The number of H-pyrrole nitrogens is 1. The molecular formula is C17H18N4O. The van der Waals surface area contributed by atoms with Crippen LogP contribution < -0.4 is 5.32 Å². The molecule has 1 amide bonds. The first-order valence-electron chi connectivity index (χ1n) is 7.25. The van der Waals surface area contributed by atoms with Gasteiger partial charge in [-0.25, -0.2) is 0 Å². The third-order valence-electron chi connectivity index (χ3n) is 3.89. The largest absolute Gasteiger partial charge is 0.359 e. The van der Waals surface area contributed by atoms with Gasteiger partial charge in [-0.1, -0.05) is 18.2 Å². The molecular weight excluding hydrogens is 276 g/mol. The lowest BCUT2D eigenvalue weighted by atomic mass is 9.91. The summed E-state index contributed by atoms with van der Waals surface area (Å²) in [5, 5.41) is 11.1. The Morgan fingerprint density at radius 1 is 1.32 bits per heavy atom. The van der Waals surface area contributed by atoms with E-state index in [-0.39, 0.29) is 11.8 Å². The van der Waals surface area contributed by atoms with E-state index in [1.165, 1.54) is 0 Å². The van der Waals surface area contributed by atoms with Crippen molar-refractivity contribution in [2.45, 2.75) is 19.3 Å². The number of aromatic amines is 1. The summed E-state index contributed by atoms with van der Waals surface area (Å²) in [7, 11) is 1.65. The molecule has 0 radical (unpaired) electrons. The minimum atomic E-state index is -0.0810. The number of carbonyl (C=O) groups excluding carboxylic acids is 1. The molecule has 3 rings (SSSR count). The first kappa shape index (κ1) is 14.3. The van der Waals surface area contributed by atoms with Gasteiger partial charge >= 0.3 is 0 Å². The number of aromatic nitrogens is 3. The first-order chi connectivity index (χ1) is 10.7. The van der Waals surface area contributed by atoms with Gasteiger partial charge in [0.2, 0.25) is 5.91 Å². The summed E-state index contributed by atoms with van der Waals surface area (Å²) in [4.78, 5) is 16.3. The maximum Gasteiger partial charge on any atom is 0.220 e. The van der Waals surface area contributed by atoms with E-state index >= 15 is 0 Å². The van der Waals surface area contributed by atoms with Gasteiger partial charge in [0, 0.05) is 42.4 Å². The van der Waals surface area contributed by atoms with Gasteiger partial charge in [-0.05, 0) is 30.7 Å². The fraction of sp³-hybridized carbons (Fsp3) is 0.235. The Balaban J connectivity index is 2.04. The molecule has 112 valence electrons. The lowest BCUT2D eigenvalue weighted by molar-refractivity contribution is -0.120. The van der Waals surface area contributed by atoms with Gasteiger partial charge in [-0.2, -0.15) is 5.10 Å². The van der Waals surface area contributed by atoms with Gasteiger partial charge in [0.15, 0.2) is 0 Å². The Kier molecular flexibility index (Phi) is 3.87. The van der Waals surface area contributed by atoms with Crippen LogP contribution in [0.1, 0.15) is 29.3 Å². The standard InChI is InChI=1S/C17H18N4O/c1-11-13-7-6-12(9-16(13)21-20-11)14(10-17(22)18-2)15-5-3-4-8-19-15/h3-9,14H,10H2,1-2H3,(H,18,22)(H,20,21).